The van der Waals surface area contributed by atoms with Crippen LogP contribution < -0.4 is 0 Å². The Balaban J connectivity index is 2.43. The summed E-state index contributed by atoms with van der Waals surface area (Å²) in [6, 6.07) is 0. The molecule has 0 spiro atoms. The Hall–Kier alpha value is -1.18. The van der Waals surface area contributed by atoms with E-state index in [0.717, 1.165) is 0 Å². The van der Waals surface area contributed by atoms with Crippen molar-refractivity contribution in [3.8, 4) is 0 Å². The van der Waals surface area contributed by atoms with E-state index in [0.29, 0.717) is 12.8 Å². The van der Waals surface area contributed by atoms with Gasteiger partial charge >= 0.3 is 0 Å². The van der Waals surface area contributed by atoms with Gasteiger partial charge in [-0.15, -0.1) is 0 Å². The lowest BCUT2D eigenvalue weighted by Crippen LogP contribution is -2.63. The Bertz CT molecular complexity index is 659. The fraction of sp³-hybridized carbons (Fsp3) is 0.625. The van der Waals surface area contributed by atoms with Crippen LogP contribution in [0.4, 0.5) is 17.6 Å². The second-order valence-corrected chi connectivity index (χ2v) is 6.08. The Morgan fingerprint density at radius 2 is 1.43 bits per heavy atom. The number of hydrogen-bond acceptors (Lipinski definition) is 3. The van der Waals surface area contributed by atoms with Crippen molar-refractivity contribution in [3.05, 3.63) is 34.4 Å². The van der Waals surface area contributed by atoms with Gasteiger partial charge in [0, 0.05) is 44.3 Å². The number of benzene rings is 1. The molecule has 3 atom stereocenters. The maximum absolute atomic E-state index is 14.5. The third-order valence-electron chi connectivity index (χ3n) is 5.67. The normalized spacial score (nSPS) is 31.3. The van der Waals surface area contributed by atoms with Crippen molar-refractivity contribution in [2.24, 2.45) is 5.92 Å². The zero-order chi connectivity index (χ0) is 17.2. The van der Waals surface area contributed by atoms with Crippen molar-refractivity contribution < 1.29 is 31.8 Å². The molecule has 3 nitrogen and oxygen atoms in total. The molecule has 3 aliphatic rings. The second-order valence-electron chi connectivity index (χ2n) is 6.08. The molecule has 0 amide bonds. The zero-order valence-corrected chi connectivity index (χ0v) is 13.3. The zero-order valence-electron chi connectivity index (χ0n) is 13.3. The quantitative estimate of drug-likeness (QED) is 0.366. The third kappa shape index (κ3) is 1.70. The summed E-state index contributed by atoms with van der Waals surface area (Å²) in [7, 11) is 4.11. The smallest absolute Gasteiger partial charge is 0.197 e. The predicted octanol–water partition coefficient (Wildman–Crippen LogP) is 3.60. The van der Waals surface area contributed by atoms with E-state index in [2.05, 4.69) is 0 Å². The molecule has 1 aromatic carbocycles. The first kappa shape index (κ1) is 16.7. The van der Waals surface area contributed by atoms with Gasteiger partial charge in [0.05, 0.1) is 0 Å². The van der Waals surface area contributed by atoms with Gasteiger partial charge in [0.25, 0.3) is 0 Å². The minimum atomic E-state index is -1.83. The van der Waals surface area contributed by atoms with Crippen LogP contribution in [-0.4, -0.2) is 27.1 Å². The Kier molecular flexibility index (Phi) is 3.74. The van der Waals surface area contributed by atoms with Gasteiger partial charge in [-0.3, -0.25) is 0 Å². The molecule has 0 aromatic heterocycles. The standard InChI is InChI=1S/C16H18F4O3/c1-7-15(21-2)6-5-8(16(7,22-3)23-4)9-10(15)12(18)14(20)13(19)11(9)17/h7-8H,5-6H2,1-4H3. The molecule has 1 saturated carbocycles. The van der Waals surface area contributed by atoms with E-state index in [4.69, 9.17) is 14.2 Å². The summed E-state index contributed by atoms with van der Waals surface area (Å²) in [5, 5.41) is 0. The van der Waals surface area contributed by atoms with Crippen molar-refractivity contribution in [1.29, 1.82) is 0 Å². The van der Waals surface area contributed by atoms with E-state index in [-0.39, 0.29) is 11.1 Å². The molecule has 3 aliphatic carbocycles. The van der Waals surface area contributed by atoms with E-state index < -0.39 is 46.5 Å². The van der Waals surface area contributed by atoms with E-state index >= 15 is 0 Å². The summed E-state index contributed by atoms with van der Waals surface area (Å²) in [6.45, 7) is 1.71. The number of halogens is 4. The molecule has 1 aromatic rings. The van der Waals surface area contributed by atoms with E-state index in [9.17, 15) is 17.6 Å². The highest BCUT2D eigenvalue weighted by Gasteiger charge is 2.66. The monoisotopic (exact) mass is 334 g/mol. The SMILES string of the molecule is COC12CCC(c3c(F)c(F)c(F)c(F)c31)C(OC)(OC)C2C. The molecule has 1 fully saturated rings. The van der Waals surface area contributed by atoms with Gasteiger partial charge in [-0.2, -0.15) is 0 Å². The van der Waals surface area contributed by atoms with Gasteiger partial charge in [-0.1, -0.05) is 6.92 Å². The lowest BCUT2D eigenvalue weighted by molar-refractivity contribution is -0.316. The summed E-state index contributed by atoms with van der Waals surface area (Å²) >= 11 is 0. The summed E-state index contributed by atoms with van der Waals surface area (Å²) in [6.07, 6.45) is 0.673. The first-order chi connectivity index (χ1) is 10.8. The third-order valence-corrected chi connectivity index (χ3v) is 5.67. The largest absolute Gasteiger partial charge is 0.373 e. The van der Waals surface area contributed by atoms with Crippen LogP contribution in [0.25, 0.3) is 0 Å². The molecule has 7 heteroatoms. The average molecular weight is 334 g/mol. The summed E-state index contributed by atoms with van der Waals surface area (Å²) < 4.78 is 73.1. The highest BCUT2D eigenvalue weighted by Crippen LogP contribution is 2.63. The van der Waals surface area contributed by atoms with Gasteiger partial charge in [0.2, 0.25) is 0 Å². The van der Waals surface area contributed by atoms with Gasteiger partial charge in [-0.05, 0) is 12.8 Å². The van der Waals surface area contributed by atoms with Gasteiger partial charge in [0.15, 0.2) is 29.1 Å². The van der Waals surface area contributed by atoms with Crippen LogP contribution in [0.2, 0.25) is 0 Å². The minimum Gasteiger partial charge on any atom is -0.373 e. The topological polar surface area (TPSA) is 27.7 Å². The van der Waals surface area contributed by atoms with Gasteiger partial charge in [0.1, 0.15) is 5.60 Å². The fourth-order valence-corrected chi connectivity index (χ4v) is 4.58. The van der Waals surface area contributed by atoms with E-state index in [1.807, 2.05) is 0 Å². The maximum atomic E-state index is 14.5. The fourth-order valence-electron chi connectivity index (χ4n) is 4.58. The van der Waals surface area contributed by atoms with Gasteiger partial charge in [-0.25, -0.2) is 17.6 Å². The predicted molar refractivity (Wildman–Crippen MR) is 72.8 cm³/mol. The van der Waals surface area contributed by atoms with Crippen LogP contribution >= 0.6 is 0 Å². The molecule has 0 radical (unpaired) electrons. The number of ether oxygens (including phenoxy) is 3. The molecule has 0 heterocycles. The lowest BCUT2D eigenvalue weighted by Gasteiger charge is -2.59. The van der Waals surface area contributed by atoms with Crippen molar-refractivity contribution in [3.63, 3.8) is 0 Å². The van der Waals surface area contributed by atoms with Gasteiger partial charge < -0.3 is 14.2 Å². The van der Waals surface area contributed by atoms with Crippen molar-refractivity contribution in [1.82, 2.24) is 0 Å². The molecule has 4 rings (SSSR count). The van der Waals surface area contributed by atoms with Crippen LogP contribution in [0, 0.1) is 29.2 Å². The maximum Gasteiger partial charge on any atom is 0.197 e. The minimum absolute atomic E-state index is 0.253. The highest BCUT2D eigenvalue weighted by molar-refractivity contribution is 5.47. The first-order valence-corrected chi connectivity index (χ1v) is 7.34. The lowest BCUT2D eigenvalue weighted by atomic mass is 9.55. The summed E-state index contributed by atoms with van der Waals surface area (Å²) in [5.74, 6) is -9.08. The summed E-state index contributed by atoms with van der Waals surface area (Å²) in [4.78, 5) is 0. The second kappa shape index (κ2) is 5.16. The Morgan fingerprint density at radius 1 is 0.870 bits per heavy atom. The molecular weight excluding hydrogens is 316 g/mol. The molecule has 23 heavy (non-hydrogen) atoms. The Labute approximate surface area is 131 Å². The van der Waals surface area contributed by atoms with E-state index in [1.54, 1.807) is 6.92 Å². The number of methoxy groups -OCH3 is 3. The van der Waals surface area contributed by atoms with Crippen LogP contribution in [0.1, 0.15) is 36.8 Å². The van der Waals surface area contributed by atoms with Crippen molar-refractivity contribution in [2.75, 3.05) is 21.3 Å². The molecule has 3 unspecified atom stereocenters. The van der Waals surface area contributed by atoms with Crippen LogP contribution in [0.15, 0.2) is 0 Å². The van der Waals surface area contributed by atoms with Crippen molar-refractivity contribution >= 4 is 0 Å². The van der Waals surface area contributed by atoms with E-state index in [1.165, 1.54) is 21.3 Å². The van der Waals surface area contributed by atoms with Crippen LogP contribution in [0.5, 0.6) is 0 Å². The van der Waals surface area contributed by atoms with Crippen LogP contribution in [-0.2, 0) is 19.8 Å². The first-order valence-electron chi connectivity index (χ1n) is 7.34. The average Bonchev–Trinajstić information content (AvgIpc) is 2.58. The Morgan fingerprint density at radius 3 is 1.96 bits per heavy atom. The number of hydrogen-bond donors (Lipinski definition) is 0. The highest BCUT2D eigenvalue weighted by atomic mass is 19.2. The molecule has 2 bridgehead atoms. The molecule has 0 N–H and O–H groups in total. The number of fused-ring (bicyclic) bond motifs is 2. The molecule has 0 saturated heterocycles. The molecule has 128 valence electrons. The number of rotatable bonds is 3. The molecule has 0 aliphatic heterocycles. The molecular formula is C16H18F4O3. The summed E-state index contributed by atoms with van der Waals surface area (Å²) in [5.41, 5.74) is -1.86. The van der Waals surface area contributed by atoms with Crippen molar-refractivity contribution in [2.45, 2.75) is 37.1 Å². The van der Waals surface area contributed by atoms with Crippen LogP contribution in [0.3, 0.4) is 0 Å².